The van der Waals surface area contributed by atoms with E-state index in [4.69, 9.17) is 15.2 Å². The largest absolute Gasteiger partial charge is 0.490 e. The number of carbonyl (C=O) groups excluding carboxylic acids is 1. The molecule has 0 saturated carbocycles. The van der Waals surface area contributed by atoms with Gasteiger partial charge in [0.05, 0.1) is 28.6 Å². The second-order valence-electron chi connectivity index (χ2n) is 8.58. The summed E-state index contributed by atoms with van der Waals surface area (Å²) in [6.45, 7) is 4.78. The molecule has 0 fully saturated rings. The van der Waals surface area contributed by atoms with Crippen molar-refractivity contribution in [3.63, 3.8) is 0 Å². The van der Waals surface area contributed by atoms with Crippen molar-refractivity contribution in [3.8, 4) is 17.6 Å². The number of ether oxygens (including phenoxy) is 2. The van der Waals surface area contributed by atoms with Crippen LogP contribution < -0.4 is 15.2 Å². The molecule has 7 heteroatoms. The maximum atomic E-state index is 13.0. The van der Waals surface area contributed by atoms with Crippen LogP contribution in [0.1, 0.15) is 48.8 Å². The van der Waals surface area contributed by atoms with E-state index in [9.17, 15) is 10.1 Å². The van der Waals surface area contributed by atoms with Crippen molar-refractivity contribution < 1.29 is 14.3 Å². The predicted molar refractivity (Wildman–Crippen MR) is 134 cm³/mol. The lowest BCUT2D eigenvalue weighted by Crippen LogP contribution is -2.36. The average Bonchev–Trinajstić information content (AvgIpc) is 2.82. The van der Waals surface area contributed by atoms with E-state index in [-0.39, 0.29) is 5.78 Å². The molecule has 4 rings (SSSR count). The van der Waals surface area contributed by atoms with Gasteiger partial charge < -0.3 is 20.1 Å². The van der Waals surface area contributed by atoms with Crippen molar-refractivity contribution >= 4 is 21.7 Å². The maximum Gasteiger partial charge on any atom is 0.175 e. The zero-order valence-corrected chi connectivity index (χ0v) is 21.2. The van der Waals surface area contributed by atoms with Gasteiger partial charge in [0, 0.05) is 24.7 Å². The third-order valence-electron chi connectivity index (χ3n) is 6.34. The van der Waals surface area contributed by atoms with Crippen LogP contribution >= 0.6 is 15.9 Å². The second kappa shape index (κ2) is 9.94. The van der Waals surface area contributed by atoms with Crippen molar-refractivity contribution in [3.05, 3.63) is 80.2 Å². The highest BCUT2D eigenvalue weighted by Gasteiger charge is 2.39. The molecule has 1 aliphatic heterocycles. The summed E-state index contributed by atoms with van der Waals surface area (Å²) in [6, 6.07) is 14.2. The molecule has 2 aromatic rings. The van der Waals surface area contributed by atoms with Gasteiger partial charge in [0.1, 0.15) is 12.4 Å². The van der Waals surface area contributed by atoms with Crippen molar-refractivity contribution in [1.29, 1.82) is 5.26 Å². The molecule has 2 N–H and O–H groups in total. The van der Waals surface area contributed by atoms with Gasteiger partial charge in [-0.2, -0.15) is 5.26 Å². The Hall–Kier alpha value is -3.24. The SMILES string of the molecule is CCOc1cc([C@H]2C(C#N)=C(N)N(C)C3=C2C(=O)CCC3)cc(Br)c1OCc1ccc(C)cc1. The summed E-state index contributed by atoms with van der Waals surface area (Å²) in [6.07, 6.45) is 2.01. The first kappa shape index (κ1) is 23.9. The minimum absolute atomic E-state index is 0.0622. The van der Waals surface area contributed by atoms with E-state index in [1.807, 2.05) is 57.3 Å². The Labute approximate surface area is 208 Å². The molecule has 1 atom stereocenters. The summed E-state index contributed by atoms with van der Waals surface area (Å²) >= 11 is 3.65. The quantitative estimate of drug-likeness (QED) is 0.542. The van der Waals surface area contributed by atoms with Gasteiger partial charge in [-0.3, -0.25) is 4.79 Å². The molecule has 0 unspecified atom stereocenters. The topological polar surface area (TPSA) is 88.6 Å². The summed E-state index contributed by atoms with van der Waals surface area (Å²) in [5.41, 5.74) is 11.3. The van der Waals surface area contributed by atoms with Gasteiger partial charge in [0.2, 0.25) is 0 Å². The highest BCUT2D eigenvalue weighted by molar-refractivity contribution is 9.10. The van der Waals surface area contributed by atoms with Crippen LogP contribution in [0, 0.1) is 18.3 Å². The predicted octanol–water partition coefficient (Wildman–Crippen LogP) is 5.47. The first-order valence-corrected chi connectivity index (χ1v) is 12.2. The Kier molecular flexibility index (Phi) is 6.99. The number of nitrogens with zero attached hydrogens (tertiary/aromatic N) is 2. The lowest BCUT2D eigenvalue weighted by molar-refractivity contribution is -0.116. The number of nitrogens with two attached hydrogens (primary N) is 1. The van der Waals surface area contributed by atoms with E-state index in [2.05, 4.69) is 22.0 Å². The molecular formula is C27H28BrN3O3. The van der Waals surface area contributed by atoms with Gasteiger partial charge >= 0.3 is 0 Å². The number of hydrogen-bond donors (Lipinski definition) is 1. The fraction of sp³-hybridized carbons (Fsp3) is 0.333. The monoisotopic (exact) mass is 521 g/mol. The number of Topliss-reactive ketones (excluding diaryl/α,β-unsaturated/α-hetero) is 1. The molecule has 0 radical (unpaired) electrons. The maximum absolute atomic E-state index is 13.0. The zero-order valence-electron chi connectivity index (χ0n) is 19.7. The molecule has 176 valence electrons. The van der Waals surface area contributed by atoms with Crippen molar-refractivity contribution in [2.75, 3.05) is 13.7 Å². The number of aryl methyl sites for hydroxylation is 1. The normalized spacial score (nSPS) is 18.0. The van der Waals surface area contributed by atoms with E-state index in [1.54, 1.807) is 4.90 Å². The molecule has 34 heavy (non-hydrogen) atoms. The van der Waals surface area contributed by atoms with E-state index in [0.29, 0.717) is 52.6 Å². The molecule has 6 nitrogen and oxygen atoms in total. The molecule has 1 aliphatic carbocycles. The van der Waals surface area contributed by atoms with Crippen molar-refractivity contribution in [1.82, 2.24) is 4.90 Å². The summed E-state index contributed by atoms with van der Waals surface area (Å²) in [5, 5.41) is 10.00. The van der Waals surface area contributed by atoms with Crippen LogP contribution in [0.5, 0.6) is 11.5 Å². The number of nitriles is 1. The van der Waals surface area contributed by atoms with Crippen molar-refractivity contribution in [2.45, 2.75) is 45.6 Å². The molecule has 0 amide bonds. The minimum Gasteiger partial charge on any atom is -0.490 e. The summed E-state index contributed by atoms with van der Waals surface area (Å²) in [7, 11) is 1.82. The van der Waals surface area contributed by atoms with E-state index >= 15 is 0 Å². The van der Waals surface area contributed by atoms with Crippen LogP contribution in [0.4, 0.5) is 0 Å². The van der Waals surface area contributed by atoms with Crippen LogP contribution in [0.25, 0.3) is 0 Å². The van der Waals surface area contributed by atoms with Gasteiger partial charge in [-0.1, -0.05) is 29.8 Å². The molecule has 0 saturated heterocycles. The highest BCUT2D eigenvalue weighted by Crippen LogP contribution is 2.47. The molecule has 2 aliphatic rings. The van der Waals surface area contributed by atoms with Crippen LogP contribution in [0.3, 0.4) is 0 Å². The van der Waals surface area contributed by atoms with Gasteiger partial charge in [0.15, 0.2) is 17.3 Å². The fourth-order valence-corrected chi connectivity index (χ4v) is 5.17. The third-order valence-corrected chi connectivity index (χ3v) is 6.93. The Morgan fingerprint density at radius 1 is 1.21 bits per heavy atom. The number of halogens is 1. The smallest absolute Gasteiger partial charge is 0.175 e. The molecule has 0 spiro atoms. The molecule has 1 heterocycles. The number of ketones is 1. The minimum atomic E-state index is -0.536. The van der Waals surface area contributed by atoms with E-state index in [1.165, 1.54) is 5.56 Å². The van der Waals surface area contributed by atoms with E-state index < -0.39 is 5.92 Å². The number of rotatable bonds is 6. The first-order valence-electron chi connectivity index (χ1n) is 11.4. The van der Waals surface area contributed by atoms with Crippen LogP contribution in [-0.4, -0.2) is 24.3 Å². The summed E-state index contributed by atoms with van der Waals surface area (Å²) in [5.74, 6) is 1.05. The lowest BCUT2D eigenvalue weighted by atomic mass is 9.76. The Morgan fingerprint density at radius 3 is 2.62 bits per heavy atom. The lowest BCUT2D eigenvalue weighted by Gasteiger charge is -2.37. The van der Waals surface area contributed by atoms with Gasteiger partial charge in [-0.05, 0) is 65.9 Å². The molecule has 0 aromatic heterocycles. The van der Waals surface area contributed by atoms with Crippen LogP contribution in [0.2, 0.25) is 0 Å². The Bertz CT molecular complexity index is 1220. The zero-order chi connectivity index (χ0) is 24.4. The average molecular weight is 522 g/mol. The first-order chi connectivity index (χ1) is 16.3. The van der Waals surface area contributed by atoms with Gasteiger partial charge in [-0.25, -0.2) is 0 Å². The Balaban J connectivity index is 1.77. The van der Waals surface area contributed by atoms with Crippen molar-refractivity contribution in [2.24, 2.45) is 5.73 Å². The third kappa shape index (κ3) is 4.43. The van der Waals surface area contributed by atoms with E-state index in [0.717, 1.165) is 29.7 Å². The summed E-state index contributed by atoms with van der Waals surface area (Å²) < 4.78 is 12.8. The van der Waals surface area contributed by atoms with Gasteiger partial charge in [-0.15, -0.1) is 0 Å². The molecule has 0 bridgehead atoms. The number of carbonyl (C=O) groups is 1. The van der Waals surface area contributed by atoms with Gasteiger partial charge in [0.25, 0.3) is 0 Å². The fourth-order valence-electron chi connectivity index (χ4n) is 4.59. The Morgan fingerprint density at radius 2 is 1.94 bits per heavy atom. The summed E-state index contributed by atoms with van der Waals surface area (Å²) in [4.78, 5) is 14.8. The highest BCUT2D eigenvalue weighted by atomic mass is 79.9. The van der Waals surface area contributed by atoms with Crippen LogP contribution in [-0.2, 0) is 11.4 Å². The second-order valence-corrected chi connectivity index (χ2v) is 9.43. The number of allylic oxidation sites excluding steroid dienone is 3. The number of benzene rings is 2. The molecular weight excluding hydrogens is 494 g/mol. The number of hydrogen-bond acceptors (Lipinski definition) is 6. The standard InChI is InChI=1S/C27H28BrN3O3/c1-4-33-23-13-18(12-20(28)26(23)34-15-17-10-8-16(2)9-11-17)24-19(14-29)27(30)31(3)21-6-5-7-22(32)25(21)24/h8-13,24H,4-7,15,30H2,1-3H3/t24-/m0/s1. The molecule has 2 aromatic carbocycles. The van der Waals surface area contributed by atoms with Crippen LogP contribution in [0.15, 0.2) is 63.5 Å².